The number of nitrogens with one attached hydrogen (secondary N) is 1. The van der Waals surface area contributed by atoms with Crippen molar-refractivity contribution in [3.8, 4) is 11.5 Å². The molecule has 9 heteroatoms. The first-order valence-corrected chi connectivity index (χ1v) is 11.7. The van der Waals surface area contributed by atoms with E-state index in [0.717, 1.165) is 5.39 Å². The average molecular weight is 518 g/mol. The lowest BCUT2D eigenvalue weighted by atomic mass is 9.99. The lowest BCUT2D eigenvalue weighted by Crippen LogP contribution is -2.31. The van der Waals surface area contributed by atoms with Crippen LogP contribution in [0.4, 0.5) is 0 Å². The number of phenolic OH excluding ortho intramolecular Hbond substituents is 2. The van der Waals surface area contributed by atoms with E-state index in [1.165, 1.54) is 41.4 Å². The number of hydrogen-bond acceptors (Lipinski definition) is 6. The summed E-state index contributed by atoms with van der Waals surface area (Å²) in [6.07, 6.45) is 0.511. The molecule has 0 saturated carbocycles. The van der Waals surface area contributed by atoms with E-state index in [1.807, 2.05) is 24.3 Å². The number of carbonyl (C=O) groups excluding carboxylic acids is 2. The summed E-state index contributed by atoms with van der Waals surface area (Å²) in [5.74, 6) is -0.864. The van der Waals surface area contributed by atoms with Crippen molar-refractivity contribution in [2.24, 2.45) is 5.10 Å². The summed E-state index contributed by atoms with van der Waals surface area (Å²) >= 11 is 5.86. The number of fused-ring (bicyclic) bond motifs is 1. The fourth-order valence-corrected chi connectivity index (χ4v) is 4.06. The number of likely N-dealkylation sites (N-methyl/N-ethyl adjacent to an activating group) is 1. The summed E-state index contributed by atoms with van der Waals surface area (Å²) in [6, 6.07) is 21.1. The first-order chi connectivity index (χ1) is 17.7. The Bertz CT molecular complexity index is 1500. The number of amides is 2. The molecule has 0 bridgehead atoms. The number of aromatic hydroxyl groups is 2. The highest BCUT2D eigenvalue weighted by molar-refractivity contribution is 6.32. The molecule has 0 aliphatic rings. The van der Waals surface area contributed by atoms with Gasteiger partial charge >= 0.3 is 0 Å². The molecule has 0 heterocycles. The molecule has 37 heavy (non-hydrogen) atoms. The second-order valence-corrected chi connectivity index (χ2v) is 8.82. The maximum atomic E-state index is 13.3. The van der Waals surface area contributed by atoms with E-state index in [9.17, 15) is 24.9 Å². The average Bonchev–Trinajstić information content (AvgIpc) is 2.89. The predicted molar refractivity (Wildman–Crippen MR) is 142 cm³/mol. The Morgan fingerprint density at radius 2 is 1.76 bits per heavy atom. The summed E-state index contributed by atoms with van der Waals surface area (Å²) < 4.78 is 0. The molecule has 4 N–H and O–H groups in total. The highest BCUT2D eigenvalue weighted by atomic mass is 35.5. The van der Waals surface area contributed by atoms with E-state index in [1.54, 1.807) is 31.3 Å². The van der Waals surface area contributed by atoms with Crippen LogP contribution in [0.5, 0.6) is 11.5 Å². The van der Waals surface area contributed by atoms with Crippen LogP contribution in [0.2, 0.25) is 5.02 Å². The number of carbonyl (C=O) groups is 2. The van der Waals surface area contributed by atoms with Gasteiger partial charge < -0.3 is 20.2 Å². The normalized spacial score (nSPS) is 12.0. The van der Waals surface area contributed by atoms with Gasteiger partial charge in [0.25, 0.3) is 11.8 Å². The number of benzene rings is 4. The van der Waals surface area contributed by atoms with Crippen LogP contribution in [0.1, 0.15) is 37.9 Å². The molecular formula is C28H24ClN3O5. The van der Waals surface area contributed by atoms with Gasteiger partial charge in [0.05, 0.1) is 23.9 Å². The molecule has 0 radical (unpaired) electrons. The largest absolute Gasteiger partial charge is 0.508 e. The summed E-state index contributed by atoms with van der Waals surface area (Å²) in [4.78, 5) is 27.0. The first kappa shape index (κ1) is 25.7. The number of rotatable bonds is 7. The van der Waals surface area contributed by atoms with Crippen molar-refractivity contribution >= 4 is 40.4 Å². The molecular weight excluding hydrogens is 494 g/mol. The lowest BCUT2D eigenvalue weighted by Gasteiger charge is -2.22. The SMILES string of the molecule is CN(C[C@H](O)c1cccc(O)c1)C(=O)c1ccc(C=NNC(=O)c2ccc(O)c(Cl)c2)c2ccccc12. The van der Waals surface area contributed by atoms with Crippen molar-refractivity contribution in [3.05, 3.63) is 106 Å². The van der Waals surface area contributed by atoms with Gasteiger partial charge in [0, 0.05) is 23.7 Å². The molecule has 0 unspecified atom stereocenters. The van der Waals surface area contributed by atoms with Crippen LogP contribution in [0.25, 0.3) is 10.8 Å². The number of nitrogens with zero attached hydrogens (tertiary/aromatic N) is 2. The van der Waals surface area contributed by atoms with Crippen LogP contribution >= 0.6 is 11.6 Å². The summed E-state index contributed by atoms with van der Waals surface area (Å²) in [6.45, 7) is 0.0349. The molecule has 188 valence electrons. The van der Waals surface area contributed by atoms with E-state index < -0.39 is 12.0 Å². The zero-order chi connectivity index (χ0) is 26.5. The van der Waals surface area contributed by atoms with Crippen molar-refractivity contribution in [1.82, 2.24) is 10.3 Å². The monoisotopic (exact) mass is 517 g/mol. The van der Waals surface area contributed by atoms with Crippen LogP contribution in [-0.4, -0.2) is 51.8 Å². The predicted octanol–water partition coefficient (Wildman–Crippen LogP) is 4.47. The Morgan fingerprint density at radius 1 is 1.00 bits per heavy atom. The number of aliphatic hydroxyl groups excluding tert-OH is 1. The number of halogens is 1. The first-order valence-electron chi connectivity index (χ1n) is 11.3. The molecule has 0 aromatic heterocycles. The van der Waals surface area contributed by atoms with E-state index in [4.69, 9.17) is 11.6 Å². The van der Waals surface area contributed by atoms with Gasteiger partial charge in [0.1, 0.15) is 11.5 Å². The summed E-state index contributed by atoms with van der Waals surface area (Å²) in [5.41, 5.74) is 4.29. The number of hydrogen-bond donors (Lipinski definition) is 4. The molecule has 0 aliphatic carbocycles. The molecule has 2 amide bonds. The Labute approximate surface area is 218 Å². The fourth-order valence-electron chi connectivity index (χ4n) is 3.88. The van der Waals surface area contributed by atoms with Gasteiger partial charge in [0.15, 0.2) is 0 Å². The van der Waals surface area contributed by atoms with E-state index in [-0.39, 0.29) is 34.5 Å². The summed E-state index contributed by atoms with van der Waals surface area (Å²) in [5, 5.41) is 35.2. The van der Waals surface area contributed by atoms with Crippen molar-refractivity contribution in [3.63, 3.8) is 0 Å². The van der Waals surface area contributed by atoms with Crippen LogP contribution in [0, 0.1) is 0 Å². The minimum Gasteiger partial charge on any atom is -0.508 e. The van der Waals surface area contributed by atoms with Crippen molar-refractivity contribution in [1.29, 1.82) is 0 Å². The van der Waals surface area contributed by atoms with E-state index >= 15 is 0 Å². The second kappa shape index (κ2) is 11.1. The topological polar surface area (TPSA) is 122 Å². The van der Waals surface area contributed by atoms with Gasteiger partial charge in [-0.2, -0.15) is 5.10 Å². The number of phenols is 2. The van der Waals surface area contributed by atoms with Crippen LogP contribution in [-0.2, 0) is 0 Å². The highest BCUT2D eigenvalue weighted by Gasteiger charge is 2.19. The van der Waals surface area contributed by atoms with Gasteiger partial charge in [-0.3, -0.25) is 9.59 Å². The third-order valence-corrected chi connectivity index (χ3v) is 6.12. The van der Waals surface area contributed by atoms with Crippen LogP contribution in [0.15, 0.2) is 84.0 Å². The Balaban J connectivity index is 1.52. The number of aliphatic hydroxyl groups is 1. The maximum absolute atomic E-state index is 13.3. The summed E-state index contributed by atoms with van der Waals surface area (Å²) in [7, 11) is 1.60. The van der Waals surface area contributed by atoms with Crippen LogP contribution in [0.3, 0.4) is 0 Å². The Kier molecular flexibility index (Phi) is 7.71. The van der Waals surface area contributed by atoms with Gasteiger partial charge in [-0.05, 0) is 52.7 Å². The minimum absolute atomic E-state index is 0.0349. The van der Waals surface area contributed by atoms with Crippen molar-refractivity contribution < 1.29 is 24.9 Å². The van der Waals surface area contributed by atoms with Gasteiger partial charge in [-0.15, -0.1) is 0 Å². The van der Waals surface area contributed by atoms with Crippen LogP contribution < -0.4 is 5.43 Å². The molecule has 0 saturated heterocycles. The smallest absolute Gasteiger partial charge is 0.271 e. The molecule has 0 aliphatic heterocycles. The highest BCUT2D eigenvalue weighted by Crippen LogP contribution is 2.25. The standard InChI is InChI=1S/C28H24ClN3O5/c1-32(16-26(35)17-5-4-6-20(33)13-17)28(37)23-11-9-19(21-7-2-3-8-22(21)23)15-30-31-27(36)18-10-12-25(34)24(29)14-18/h2-15,26,33-35H,16H2,1H3,(H,31,36)/t26-/m0/s1. The quantitative estimate of drug-likeness (QED) is 0.213. The maximum Gasteiger partial charge on any atom is 0.271 e. The second-order valence-electron chi connectivity index (χ2n) is 8.41. The third kappa shape index (κ3) is 5.88. The Hall–Kier alpha value is -4.40. The van der Waals surface area contributed by atoms with E-state index in [2.05, 4.69) is 10.5 Å². The molecule has 4 aromatic carbocycles. The minimum atomic E-state index is -0.967. The van der Waals surface area contributed by atoms with Crippen molar-refractivity contribution in [2.45, 2.75) is 6.10 Å². The molecule has 1 atom stereocenters. The molecule has 4 aromatic rings. The van der Waals surface area contributed by atoms with Gasteiger partial charge in [0.2, 0.25) is 0 Å². The zero-order valence-corrected chi connectivity index (χ0v) is 20.6. The van der Waals surface area contributed by atoms with Crippen molar-refractivity contribution in [2.75, 3.05) is 13.6 Å². The molecule has 0 fully saturated rings. The third-order valence-electron chi connectivity index (χ3n) is 5.82. The fraction of sp³-hybridized carbons (Fsp3) is 0.107. The van der Waals surface area contributed by atoms with E-state index in [0.29, 0.717) is 22.1 Å². The molecule has 8 nitrogen and oxygen atoms in total. The number of hydrazone groups is 1. The Morgan fingerprint density at radius 3 is 2.49 bits per heavy atom. The zero-order valence-electron chi connectivity index (χ0n) is 19.8. The molecule has 0 spiro atoms. The van der Waals surface area contributed by atoms with Gasteiger partial charge in [-0.25, -0.2) is 5.43 Å². The molecule has 4 rings (SSSR count). The van der Waals surface area contributed by atoms with Gasteiger partial charge in [-0.1, -0.05) is 54.1 Å². The lowest BCUT2D eigenvalue weighted by molar-refractivity contribution is 0.0682.